The van der Waals surface area contributed by atoms with E-state index in [-0.39, 0.29) is 5.41 Å². The van der Waals surface area contributed by atoms with Crippen LogP contribution in [0.1, 0.15) is 25.0 Å². The summed E-state index contributed by atoms with van der Waals surface area (Å²) in [6, 6.07) is 40.5. The van der Waals surface area contributed by atoms with Crippen molar-refractivity contribution in [2.45, 2.75) is 19.3 Å². The zero-order valence-corrected chi connectivity index (χ0v) is 34.3. The summed E-state index contributed by atoms with van der Waals surface area (Å²) in [7, 11) is 18.7. The van der Waals surface area contributed by atoms with Crippen LogP contribution >= 0.6 is 0 Å². The molecule has 8 aromatic carbocycles. The Kier molecular flexibility index (Phi) is 7.70. The molecule has 0 atom stereocenters. The minimum atomic E-state index is -0.0565. The Balaban J connectivity index is 1.39. The van der Waals surface area contributed by atoms with E-state index >= 15 is 0 Å². The van der Waals surface area contributed by atoms with Gasteiger partial charge in [-0.15, -0.1) is 21.9 Å². The quantitative estimate of drug-likeness (QED) is 0.175. The maximum Gasteiger partial charge on any atom is 0.139 e. The minimum Gasteiger partial charge on any atom is -0.456 e. The van der Waals surface area contributed by atoms with Gasteiger partial charge in [-0.2, -0.15) is 0 Å². The number of rotatable bonds is 3. The molecule has 0 radical (unpaired) electrons. The van der Waals surface area contributed by atoms with Crippen molar-refractivity contribution in [3.63, 3.8) is 0 Å². The molecule has 0 saturated heterocycles. The number of hydrogen-bond donors (Lipinski definition) is 0. The van der Waals surface area contributed by atoms with Gasteiger partial charge in [0.25, 0.3) is 0 Å². The minimum absolute atomic E-state index is 0.0565. The molecule has 9 aromatic rings. The first-order valence-corrected chi connectivity index (χ1v) is 20.1. The molecule has 1 aromatic heterocycles. The second-order valence-corrected chi connectivity index (χ2v) is 17.0. The van der Waals surface area contributed by atoms with Gasteiger partial charge in [0.1, 0.15) is 73.9 Å². The van der Waals surface area contributed by atoms with E-state index in [1.54, 1.807) is 0 Å². The molecule has 258 valence electrons. The summed E-state index contributed by atoms with van der Waals surface area (Å²) < 4.78 is 6.55. The van der Waals surface area contributed by atoms with E-state index in [1.807, 2.05) is 0 Å². The monoisotopic (exact) mass is 708 g/mol. The predicted molar refractivity (Wildman–Crippen MR) is 268 cm³/mol. The molecular weight excluding hydrogens is 667 g/mol. The van der Waals surface area contributed by atoms with Crippen LogP contribution in [-0.4, -0.2) is 62.8 Å². The van der Waals surface area contributed by atoms with Crippen LogP contribution < -0.4 is 43.7 Å². The number of fused-ring (bicyclic) bond motifs is 8. The summed E-state index contributed by atoms with van der Waals surface area (Å²) in [6.45, 7) is 4.74. The molecule has 1 aliphatic carbocycles. The summed E-state index contributed by atoms with van der Waals surface area (Å²) in [5.74, 6) is 0. The number of para-hydroxylation sites is 1. The Hall–Kier alpha value is -5.40. The fourth-order valence-corrected chi connectivity index (χ4v) is 10.5. The molecule has 1 aliphatic rings. The fourth-order valence-electron chi connectivity index (χ4n) is 10.5. The van der Waals surface area contributed by atoms with Gasteiger partial charge < -0.3 is 4.42 Å². The van der Waals surface area contributed by atoms with Gasteiger partial charge in [-0.25, -0.2) is 0 Å². The standard InChI is InChI=1S/C47H40B8O/c1-47(2)27-16-5-3-12-24(27)32-23(14-8-17-28(32)47)21-10-7-11-22(20-21)31-35-37(41(50)45(54)43(52)39(35)48)34(38-36(31)40(49)44(53)46(55)42(38)51)26-15-9-19-30-33(26)25-13-4-6-18-29(25)56-30/h3-20H,48-55H2,1-2H3. The highest BCUT2D eigenvalue weighted by molar-refractivity contribution is 6.71. The van der Waals surface area contributed by atoms with Gasteiger partial charge in [0.2, 0.25) is 0 Å². The first-order valence-electron chi connectivity index (χ1n) is 20.1. The van der Waals surface area contributed by atoms with E-state index in [2.05, 4.69) is 186 Å². The molecule has 9 heteroatoms. The largest absolute Gasteiger partial charge is 0.456 e. The normalized spacial score (nSPS) is 13.2. The average molecular weight is 707 g/mol. The van der Waals surface area contributed by atoms with Crippen molar-refractivity contribution in [1.29, 1.82) is 0 Å². The van der Waals surface area contributed by atoms with Gasteiger partial charge in [0.05, 0.1) is 0 Å². The molecule has 56 heavy (non-hydrogen) atoms. The van der Waals surface area contributed by atoms with Crippen molar-refractivity contribution in [3.8, 4) is 44.5 Å². The van der Waals surface area contributed by atoms with Crippen LogP contribution in [0.2, 0.25) is 0 Å². The second-order valence-electron chi connectivity index (χ2n) is 17.0. The summed E-state index contributed by atoms with van der Waals surface area (Å²) in [6.07, 6.45) is 0. The Bertz CT molecular complexity index is 3130. The van der Waals surface area contributed by atoms with E-state index in [4.69, 9.17) is 4.42 Å². The van der Waals surface area contributed by atoms with Crippen molar-refractivity contribution in [1.82, 2.24) is 0 Å². The lowest BCUT2D eigenvalue weighted by atomic mass is 9.59. The second kappa shape index (κ2) is 12.3. The van der Waals surface area contributed by atoms with Crippen LogP contribution in [0.5, 0.6) is 0 Å². The van der Waals surface area contributed by atoms with Gasteiger partial charge >= 0.3 is 0 Å². The van der Waals surface area contributed by atoms with Gasteiger partial charge in [0.15, 0.2) is 0 Å². The van der Waals surface area contributed by atoms with Crippen molar-refractivity contribution in [3.05, 3.63) is 120 Å². The number of furan rings is 1. The lowest BCUT2D eigenvalue weighted by Gasteiger charge is -2.28. The van der Waals surface area contributed by atoms with Crippen LogP contribution in [0.15, 0.2) is 114 Å². The molecule has 0 unspecified atom stereocenters. The number of hydrogen-bond acceptors (Lipinski definition) is 1. The smallest absolute Gasteiger partial charge is 0.139 e. The molecule has 0 spiro atoms. The predicted octanol–water partition coefficient (Wildman–Crippen LogP) is -0.733. The van der Waals surface area contributed by atoms with Crippen molar-refractivity contribution in [2.75, 3.05) is 0 Å². The Labute approximate surface area is 336 Å². The summed E-state index contributed by atoms with van der Waals surface area (Å²) in [4.78, 5) is 0. The molecule has 0 amide bonds. The highest BCUT2D eigenvalue weighted by Gasteiger charge is 2.36. The van der Waals surface area contributed by atoms with Gasteiger partial charge in [-0.1, -0.05) is 127 Å². The molecule has 0 N–H and O–H groups in total. The summed E-state index contributed by atoms with van der Waals surface area (Å²) in [5.41, 5.74) is 25.9. The lowest BCUT2D eigenvalue weighted by molar-refractivity contribution is 0.660. The lowest BCUT2D eigenvalue weighted by Crippen LogP contribution is -2.50. The zero-order chi connectivity index (χ0) is 38.9. The van der Waals surface area contributed by atoms with E-state index in [0.717, 1.165) is 16.6 Å². The highest BCUT2D eigenvalue weighted by atomic mass is 16.3. The molecule has 0 fully saturated rings. The molecular formula is C47H40B8O. The van der Waals surface area contributed by atoms with Gasteiger partial charge in [0, 0.05) is 16.2 Å². The van der Waals surface area contributed by atoms with E-state index in [0.29, 0.717) is 0 Å². The SMILES string of the molecule is Bc1c(B)c(B)c2c(-c3cccc4oc5ccccc5c34)c3c(B)c(B)c(B)c(B)c3c(-c3cccc(-c4cccc5c4-c4ccccc4C5(C)C)c3)c2c1B. The Morgan fingerprint density at radius 2 is 0.857 bits per heavy atom. The molecule has 0 aliphatic heterocycles. The van der Waals surface area contributed by atoms with Crippen molar-refractivity contribution < 1.29 is 4.42 Å². The van der Waals surface area contributed by atoms with Crippen molar-refractivity contribution >= 4 is 150 Å². The first-order chi connectivity index (χ1) is 26.9. The molecule has 0 bridgehead atoms. The van der Waals surface area contributed by atoms with Crippen LogP contribution in [0.3, 0.4) is 0 Å². The Morgan fingerprint density at radius 3 is 1.54 bits per heavy atom. The molecule has 0 saturated carbocycles. The maximum atomic E-state index is 6.55. The third-order valence-corrected chi connectivity index (χ3v) is 14.1. The Morgan fingerprint density at radius 1 is 0.375 bits per heavy atom. The summed E-state index contributed by atoms with van der Waals surface area (Å²) in [5, 5.41) is 7.74. The van der Waals surface area contributed by atoms with Crippen LogP contribution in [0, 0.1) is 0 Å². The van der Waals surface area contributed by atoms with E-state index in [9.17, 15) is 0 Å². The average Bonchev–Trinajstić information content (AvgIpc) is 3.71. The van der Waals surface area contributed by atoms with E-state index < -0.39 is 0 Å². The third kappa shape index (κ3) is 4.61. The fraction of sp³-hybridized carbons (Fsp3) is 0.0638. The van der Waals surface area contributed by atoms with Crippen molar-refractivity contribution in [2.24, 2.45) is 0 Å². The maximum absolute atomic E-state index is 6.55. The zero-order valence-electron chi connectivity index (χ0n) is 34.3. The third-order valence-electron chi connectivity index (χ3n) is 14.1. The van der Waals surface area contributed by atoms with Crippen LogP contribution in [0.25, 0.3) is 88.0 Å². The molecule has 1 nitrogen and oxygen atoms in total. The molecule has 1 heterocycles. The highest BCUT2D eigenvalue weighted by Crippen LogP contribution is 2.52. The molecule has 10 rings (SSSR count). The van der Waals surface area contributed by atoms with Crippen LogP contribution in [0.4, 0.5) is 0 Å². The van der Waals surface area contributed by atoms with Gasteiger partial charge in [-0.3, -0.25) is 0 Å². The van der Waals surface area contributed by atoms with Gasteiger partial charge in [-0.05, 0) is 95.4 Å². The van der Waals surface area contributed by atoms with Crippen LogP contribution in [-0.2, 0) is 5.41 Å². The first kappa shape index (κ1) is 35.0. The topological polar surface area (TPSA) is 13.1 Å². The number of benzene rings is 8. The van der Waals surface area contributed by atoms with E-state index in [1.165, 1.54) is 126 Å². The summed E-state index contributed by atoms with van der Waals surface area (Å²) >= 11 is 0.